The third-order valence-corrected chi connectivity index (χ3v) is 21.1. The summed E-state index contributed by atoms with van der Waals surface area (Å²) in [5, 5.41) is 22.2. The van der Waals surface area contributed by atoms with Crippen LogP contribution in [-0.2, 0) is 26.2 Å². The van der Waals surface area contributed by atoms with Crippen molar-refractivity contribution in [1.29, 1.82) is 0 Å². The first kappa shape index (κ1) is 56.7. The predicted octanol–water partition coefficient (Wildman–Crippen LogP) is 21.1. The molecule has 4 aromatic heterocycles. The number of aromatic nitrogens is 4. The normalized spacial score (nSPS) is 12.9. The number of hydrogen-bond acceptors (Lipinski definition) is 4. The topological polar surface area (TPSA) is 88.0 Å². The van der Waals surface area contributed by atoms with Gasteiger partial charge in [-0.3, -0.25) is 28.3 Å². The zero-order chi connectivity index (χ0) is 59.9. The summed E-state index contributed by atoms with van der Waals surface area (Å²) in [6, 6.07) is 35.5. The van der Waals surface area contributed by atoms with Gasteiger partial charge in [-0.2, -0.15) is 0 Å². The molecule has 0 amide bonds. The number of rotatable bonds is 28. The molecule has 4 heterocycles. The van der Waals surface area contributed by atoms with Crippen molar-refractivity contribution in [3.05, 3.63) is 138 Å². The Morgan fingerprint density at radius 1 is 0.216 bits per heavy atom. The lowest BCUT2D eigenvalue weighted by Gasteiger charge is -2.26. The van der Waals surface area contributed by atoms with Crippen molar-refractivity contribution in [3.63, 3.8) is 0 Å². The maximum atomic E-state index is 15.7. The van der Waals surface area contributed by atoms with Crippen molar-refractivity contribution in [2.75, 3.05) is 0 Å². The van der Waals surface area contributed by atoms with Crippen molar-refractivity contribution in [3.8, 4) is 0 Å². The van der Waals surface area contributed by atoms with Crippen LogP contribution < -0.4 is 22.2 Å². The molecule has 0 atom stereocenters. The minimum atomic E-state index is -0.228. The van der Waals surface area contributed by atoms with Gasteiger partial charge in [-0.05, 0) is 151 Å². The van der Waals surface area contributed by atoms with Gasteiger partial charge < -0.3 is 9.13 Å². The Balaban J connectivity index is 1.05. The molecule has 0 aliphatic rings. The van der Waals surface area contributed by atoms with Gasteiger partial charge in [0, 0.05) is 113 Å². The Morgan fingerprint density at radius 2 is 0.489 bits per heavy atom. The van der Waals surface area contributed by atoms with E-state index in [1.54, 1.807) is 9.13 Å². The summed E-state index contributed by atoms with van der Waals surface area (Å²) < 4.78 is 8.12. The smallest absolute Gasteiger partial charge is 0.261 e. The predicted molar refractivity (Wildman–Crippen MR) is 378 cm³/mol. The van der Waals surface area contributed by atoms with Gasteiger partial charge in [0.1, 0.15) is 0 Å². The molecule has 15 rings (SSSR count). The molecular weight excluding hydrogens is 1080 g/mol. The standard InChI is InChI=1S/C80H84N4O4/c1-5-9-13-15-17-19-21-23-25-31-39-83-77(85)61-43-57-51-41-55-49-33-27-29-35-65(49)81(37-11-7-3)67(55)47-53(51)59-45-63-70-64(80(88)84(79(63)87)40-32-26-24-22-20-18-16-14-10-6-2)46-60-54-48-68-56(50-34-28-30-36-66(50)82(68)38-12-8-4)42-52(54)58-44-62(78(83)86)69(61)75-71(57)73(59)76(70)74(60)72(58)75/h27-30,33-36,41-48H,5-26,31-32,37-40H2,1-4H3. The van der Waals surface area contributed by atoms with E-state index in [4.69, 9.17) is 0 Å². The molecule has 0 unspecified atom stereocenters. The molecule has 8 nitrogen and oxygen atoms in total. The molecule has 0 radical (unpaired) electrons. The van der Waals surface area contributed by atoms with Crippen LogP contribution >= 0.6 is 0 Å². The number of benzene rings is 11. The molecule has 448 valence electrons. The number of para-hydroxylation sites is 2. The lowest BCUT2D eigenvalue weighted by molar-refractivity contribution is 0.527. The molecule has 0 saturated carbocycles. The van der Waals surface area contributed by atoms with Crippen molar-refractivity contribution in [2.24, 2.45) is 0 Å². The van der Waals surface area contributed by atoms with Crippen LogP contribution in [0.2, 0.25) is 0 Å². The highest BCUT2D eigenvalue weighted by atomic mass is 16.2. The lowest BCUT2D eigenvalue weighted by atomic mass is 9.77. The van der Waals surface area contributed by atoms with Crippen molar-refractivity contribution in [1.82, 2.24) is 18.3 Å². The first-order chi connectivity index (χ1) is 43.3. The molecule has 0 N–H and O–H groups in total. The molecule has 8 heteroatoms. The molecule has 0 aliphatic heterocycles. The van der Waals surface area contributed by atoms with Crippen molar-refractivity contribution >= 4 is 151 Å². The van der Waals surface area contributed by atoms with Crippen LogP contribution in [-0.4, -0.2) is 18.3 Å². The monoisotopic (exact) mass is 1160 g/mol. The Hall–Kier alpha value is -7.84. The highest BCUT2D eigenvalue weighted by molar-refractivity contribution is 6.55. The minimum Gasteiger partial charge on any atom is -0.340 e. The molecule has 0 aliphatic carbocycles. The van der Waals surface area contributed by atoms with Crippen LogP contribution in [0.3, 0.4) is 0 Å². The van der Waals surface area contributed by atoms with E-state index >= 15 is 19.2 Å². The second kappa shape index (κ2) is 23.3. The van der Waals surface area contributed by atoms with Gasteiger partial charge in [-0.15, -0.1) is 0 Å². The summed E-state index contributed by atoms with van der Waals surface area (Å²) in [5.41, 5.74) is 3.75. The zero-order valence-corrected chi connectivity index (χ0v) is 52.5. The van der Waals surface area contributed by atoms with E-state index in [1.807, 2.05) is 0 Å². The quantitative estimate of drug-likeness (QED) is 0.0278. The van der Waals surface area contributed by atoms with Gasteiger partial charge in [-0.25, -0.2) is 0 Å². The van der Waals surface area contributed by atoms with Gasteiger partial charge >= 0.3 is 0 Å². The third-order valence-electron chi connectivity index (χ3n) is 21.1. The fourth-order valence-electron chi connectivity index (χ4n) is 16.7. The summed E-state index contributed by atoms with van der Waals surface area (Å²) in [5.74, 6) is 0. The summed E-state index contributed by atoms with van der Waals surface area (Å²) in [4.78, 5) is 62.9. The van der Waals surface area contributed by atoms with Crippen molar-refractivity contribution < 1.29 is 0 Å². The highest BCUT2D eigenvalue weighted by Gasteiger charge is 2.32. The lowest BCUT2D eigenvalue weighted by Crippen LogP contribution is -2.33. The first-order valence-electron chi connectivity index (χ1n) is 34.5. The Labute approximate surface area is 513 Å². The average Bonchev–Trinajstić information content (AvgIpc) is 0.676. The van der Waals surface area contributed by atoms with Crippen LogP contribution in [0.25, 0.3) is 151 Å². The number of aryl methyl sites for hydroxylation is 2. The molecule has 88 heavy (non-hydrogen) atoms. The molecule has 11 aromatic carbocycles. The average molecular weight is 1170 g/mol. The van der Waals surface area contributed by atoms with Crippen LogP contribution in [0, 0.1) is 0 Å². The molecule has 0 spiro atoms. The van der Waals surface area contributed by atoms with Crippen LogP contribution in [0.15, 0.2) is 116 Å². The Morgan fingerprint density at radius 3 is 0.818 bits per heavy atom. The van der Waals surface area contributed by atoms with E-state index in [1.165, 1.54) is 112 Å². The minimum absolute atomic E-state index is 0.227. The molecule has 0 bridgehead atoms. The SMILES string of the molecule is CCCCCCCCCCCCn1c(=O)c2cc3c4cc5c6ccccc6n(CCCC)c5cc4c4cc5c(=O)n(CCCCCCCCCCCC)c(=O)c6cc7c8cc9c(cc8c8cc(c1=O)c2c1c3c4c(c56)c7c81)c1ccccc1n9CCCC. The molecule has 15 aromatic rings. The summed E-state index contributed by atoms with van der Waals surface area (Å²) in [7, 11) is 0. The Kier molecular flexibility index (Phi) is 15.0. The van der Waals surface area contributed by atoms with E-state index in [0.717, 1.165) is 185 Å². The second-order valence-corrected chi connectivity index (χ2v) is 26.6. The number of fused-ring (bicyclic) bond motifs is 12. The number of unbranched alkanes of at least 4 members (excludes halogenated alkanes) is 20. The molecule has 0 fully saturated rings. The second-order valence-electron chi connectivity index (χ2n) is 26.6. The molecule has 0 saturated heterocycles. The maximum Gasteiger partial charge on any atom is 0.261 e. The van der Waals surface area contributed by atoms with Crippen LogP contribution in [0.4, 0.5) is 0 Å². The fourth-order valence-corrected chi connectivity index (χ4v) is 16.7. The fraction of sp³-hybridized carbons (Fsp3) is 0.400. The van der Waals surface area contributed by atoms with Gasteiger partial charge in [0.25, 0.3) is 22.2 Å². The van der Waals surface area contributed by atoms with E-state index in [0.29, 0.717) is 34.6 Å². The summed E-state index contributed by atoms with van der Waals surface area (Å²) in [6.45, 7) is 11.5. The summed E-state index contributed by atoms with van der Waals surface area (Å²) >= 11 is 0. The van der Waals surface area contributed by atoms with Crippen LogP contribution in [0.5, 0.6) is 0 Å². The van der Waals surface area contributed by atoms with E-state index < -0.39 is 0 Å². The van der Waals surface area contributed by atoms with Gasteiger partial charge in [0.2, 0.25) is 0 Å². The summed E-state index contributed by atoms with van der Waals surface area (Å²) in [6.07, 6.45) is 27.4. The molecular formula is C80H84N4O4. The Bertz CT molecular complexity index is 5090. The van der Waals surface area contributed by atoms with E-state index in [2.05, 4.69) is 134 Å². The highest BCUT2D eigenvalue weighted by Crippen LogP contribution is 2.56. The van der Waals surface area contributed by atoms with E-state index in [-0.39, 0.29) is 22.2 Å². The third kappa shape index (κ3) is 8.78. The number of hydrogen-bond donors (Lipinski definition) is 0. The maximum absolute atomic E-state index is 15.7. The number of nitrogens with zero attached hydrogens (tertiary/aromatic N) is 4. The van der Waals surface area contributed by atoms with Crippen LogP contribution in [0.1, 0.15) is 182 Å². The van der Waals surface area contributed by atoms with E-state index in [9.17, 15) is 0 Å². The number of pyridine rings is 2. The largest absolute Gasteiger partial charge is 0.340 e. The van der Waals surface area contributed by atoms with Crippen molar-refractivity contribution in [2.45, 2.75) is 208 Å². The zero-order valence-electron chi connectivity index (χ0n) is 52.5. The van der Waals surface area contributed by atoms with Gasteiger partial charge in [0.05, 0.1) is 0 Å². The first-order valence-corrected chi connectivity index (χ1v) is 34.5. The van der Waals surface area contributed by atoms with Gasteiger partial charge in [0.15, 0.2) is 0 Å². The van der Waals surface area contributed by atoms with Gasteiger partial charge in [-0.1, -0.05) is 193 Å².